The lowest BCUT2D eigenvalue weighted by atomic mass is 9.85. The van der Waals surface area contributed by atoms with Crippen molar-refractivity contribution >= 4 is 5.78 Å². The summed E-state index contributed by atoms with van der Waals surface area (Å²) in [5.41, 5.74) is 6.03. The zero-order valence-electron chi connectivity index (χ0n) is 15.3. The molecule has 2 aromatic rings. The lowest BCUT2D eigenvalue weighted by Crippen LogP contribution is -2.41. The van der Waals surface area contributed by atoms with Gasteiger partial charge in [-0.25, -0.2) is 0 Å². The van der Waals surface area contributed by atoms with E-state index in [2.05, 4.69) is 36.1 Å². The highest BCUT2D eigenvalue weighted by atomic mass is 16.1. The van der Waals surface area contributed by atoms with Crippen molar-refractivity contribution < 1.29 is 4.79 Å². The first-order valence-corrected chi connectivity index (χ1v) is 9.61. The Labute approximate surface area is 150 Å². The Hall–Kier alpha value is -1.93. The van der Waals surface area contributed by atoms with Crippen molar-refractivity contribution in [1.82, 2.24) is 4.90 Å². The Kier molecular flexibility index (Phi) is 4.47. The Morgan fingerprint density at radius 2 is 1.92 bits per heavy atom. The number of likely N-dealkylation sites (tertiary alicyclic amines) is 1. The molecule has 0 amide bonds. The Balaban J connectivity index is 1.61. The van der Waals surface area contributed by atoms with Crippen LogP contribution in [-0.4, -0.2) is 29.3 Å². The van der Waals surface area contributed by atoms with Crippen LogP contribution in [0, 0.1) is 0 Å². The molecule has 2 heteroatoms. The molecule has 2 unspecified atom stereocenters. The molecule has 0 N–H and O–H groups in total. The zero-order chi connectivity index (χ0) is 17.4. The second-order valence-electron chi connectivity index (χ2n) is 7.71. The topological polar surface area (TPSA) is 20.3 Å². The van der Waals surface area contributed by atoms with Gasteiger partial charge in [-0.05, 0) is 74.8 Å². The van der Waals surface area contributed by atoms with E-state index < -0.39 is 0 Å². The Bertz CT molecular complexity index is 794. The maximum Gasteiger partial charge on any atom is 0.160 e. The number of aryl methyl sites for hydroxylation is 1. The molecule has 2 aromatic carbocycles. The summed E-state index contributed by atoms with van der Waals surface area (Å²) < 4.78 is 0. The highest BCUT2D eigenvalue weighted by molar-refractivity contribution is 6.00. The third-order valence-electron chi connectivity index (χ3n) is 6.10. The molecule has 1 heterocycles. The van der Waals surface area contributed by atoms with Crippen molar-refractivity contribution in [2.24, 2.45) is 0 Å². The largest absolute Gasteiger partial charge is 0.297 e. The average Bonchev–Trinajstić information content (AvgIpc) is 3.07. The molecule has 2 aliphatic rings. The van der Waals surface area contributed by atoms with Crippen LogP contribution in [0.3, 0.4) is 0 Å². The van der Waals surface area contributed by atoms with Gasteiger partial charge in [-0.3, -0.25) is 9.69 Å². The van der Waals surface area contributed by atoms with Crippen LogP contribution in [0.2, 0.25) is 0 Å². The zero-order valence-corrected chi connectivity index (χ0v) is 15.3. The molecular weight excluding hydrogens is 306 g/mol. The van der Waals surface area contributed by atoms with Crippen LogP contribution in [0.1, 0.15) is 54.6 Å². The number of fused-ring (bicyclic) bond motifs is 1. The fourth-order valence-electron chi connectivity index (χ4n) is 4.73. The van der Waals surface area contributed by atoms with Crippen LogP contribution in [0.25, 0.3) is 11.1 Å². The molecule has 4 rings (SSSR count). The van der Waals surface area contributed by atoms with Gasteiger partial charge in [0.25, 0.3) is 0 Å². The number of carbonyl (C=O) groups excluding carboxylic acids is 1. The summed E-state index contributed by atoms with van der Waals surface area (Å²) >= 11 is 0. The van der Waals surface area contributed by atoms with Crippen LogP contribution in [0.4, 0.5) is 0 Å². The van der Waals surface area contributed by atoms with E-state index in [9.17, 15) is 4.79 Å². The number of benzene rings is 2. The van der Waals surface area contributed by atoms with E-state index in [4.69, 9.17) is 0 Å². The lowest BCUT2D eigenvalue weighted by molar-refractivity contribution is 0.101. The van der Waals surface area contributed by atoms with Crippen LogP contribution in [0.15, 0.2) is 42.5 Å². The fourth-order valence-corrected chi connectivity index (χ4v) is 4.73. The lowest BCUT2D eigenvalue weighted by Gasteiger charge is -2.35. The number of hydrogen-bond donors (Lipinski definition) is 0. The average molecular weight is 333 g/mol. The summed E-state index contributed by atoms with van der Waals surface area (Å²) in [7, 11) is 0. The SMILES string of the molecule is CC(=O)c1ccccc1-c1ccc2c(c1)CCC(N1CCCC1C)C2. The number of Topliss-reactive ketones (excluding diaryl/α,β-unsaturated/α-hetero) is 1. The molecule has 2 nitrogen and oxygen atoms in total. The summed E-state index contributed by atoms with van der Waals surface area (Å²) in [5.74, 6) is 0.136. The number of rotatable bonds is 3. The second-order valence-corrected chi connectivity index (χ2v) is 7.71. The van der Waals surface area contributed by atoms with E-state index in [0.717, 1.165) is 23.6 Å². The molecule has 25 heavy (non-hydrogen) atoms. The molecule has 1 aliphatic carbocycles. The molecule has 1 aliphatic heterocycles. The molecular formula is C23H27NO. The summed E-state index contributed by atoms with van der Waals surface area (Å²) in [6, 6.07) is 16.2. The molecule has 1 saturated heterocycles. The molecule has 0 bridgehead atoms. The minimum atomic E-state index is 0.136. The molecule has 0 saturated carbocycles. The van der Waals surface area contributed by atoms with Crippen molar-refractivity contribution in [2.45, 2.75) is 58.0 Å². The quantitative estimate of drug-likeness (QED) is 0.745. The molecule has 0 radical (unpaired) electrons. The van der Waals surface area contributed by atoms with E-state index in [-0.39, 0.29) is 5.78 Å². The predicted octanol–water partition coefficient (Wildman–Crippen LogP) is 4.90. The van der Waals surface area contributed by atoms with E-state index in [1.807, 2.05) is 18.2 Å². The van der Waals surface area contributed by atoms with Crippen molar-refractivity contribution in [3.63, 3.8) is 0 Å². The van der Waals surface area contributed by atoms with Crippen LogP contribution >= 0.6 is 0 Å². The van der Waals surface area contributed by atoms with Crippen molar-refractivity contribution in [2.75, 3.05) is 6.54 Å². The standard InChI is InChI=1S/C23H27NO/c1-16-6-5-13-24(16)21-12-11-18-14-20(10-9-19(18)15-21)23-8-4-3-7-22(23)17(2)25/h3-4,7-10,14,16,21H,5-6,11-13,15H2,1-2H3. The summed E-state index contributed by atoms with van der Waals surface area (Å²) in [5, 5.41) is 0. The van der Waals surface area contributed by atoms with E-state index in [1.54, 1.807) is 6.92 Å². The smallest absolute Gasteiger partial charge is 0.160 e. The molecule has 2 atom stereocenters. The second kappa shape index (κ2) is 6.76. The van der Waals surface area contributed by atoms with Gasteiger partial charge in [0.05, 0.1) is 0 Å². The third-order valence-corrected chi connectivity index (χ3v) is 6.10. The van der Waals surface area contributed by atoms with Gasteiger partial charge in [-0.2, -0.15) is 0 Å². The van der Waals surface area contributed by atoms with Gasteiger partial charge in [0.2, 0.25) is 0 Å². The monoisotopic (exact) mass is 333 g/mol. The molecule has 0 aromatic heterocycles. The first-order valence-electron chi connectivity index (χ1n) is 9.61. The number of carbonyl (C=O) groups is 1. The van der Waals surface area contributed by atoms with Gasteiger partial charge in [0.1, 0.15) is 0 Å². The highest BCUT2D eigenvalue weighted by Crippen LogP contribution is 2.33. The molecule has 1 fully saturated rings. The van der Waals surface area contributed by atoms with E-state index in [1.165, 1.54) is 48.9 Å². The van der Waals surface area contributed by atoms with Crippen LogP contribution in [0.5, 0.6) is 0 Å². The number of nitrogens with zero attached hydrogens (tertiary/aromatic N) is 1. The summed E-state index contributed by atoms with van der Waals surface area (Å²) in [4.78, 5) is 14.7. The van der Waals surface area contributed by atoms with Gasteiger partial charge < -0.3 is 0 Å². The molecule has 130 valence electrons. The molecule has 0 spiro atoms. The first-order chi connectivity index (χ1) is 12.1. The Morgan fingerprint density at radius 3 is 2.68 bits per heavy atom. The van der Waals surface area contributed by atoms with Crippen molar-refractivity contribution in [3.8, 4) is 11.1 Å². The number of hydrogen-bond acceptors (Lipinski definition) is 2. The van der Waals surface area contributed by atoms with E-state index in [0.29, 0.717) is 6.04 Å². The van der Waals surface area contributed by atoms with Crippen LogP contribution < -0.4 is 0 Å². The first kappa shape index (κ1) is 16.5. The number of ketones is 1. The van der Waals surface area contributed by atoms with Gasteiger partial charge in [-0.1, -0.05) is 42.5 Å². The van der Waals surface area contributed by atoms with Gasteiger partial charge in [-0.15, -0.1) is 0 Å². The van der Waals surface area contributed by atoms with Gasteiger partial charge in [0, 0.05) is 17.6 Å². The Morgan fingerprint density at radius 1 is 1.08 bits per heavy atom. The third kappa shape index (κ3) is 3.16. The summed E-state index contributed by atoms with van der Waals surface area (Å²) in [6.07, 6.45) is 6.29. The van der Waals surface area contributed by atoms with Crippen molar-refractivity contribution in [1.29, 1.82) is 0 Å². The van der Waals surface area contributed by atoms with Crippen molar-refractivity contribution in [3.05, 3.63) is 59.2 Å². The fraction of sp³-hybridized carbons (Fsp3) is 0.435. The summed E-state index contributed by atoms with van der Waals surface area (Å²) in [6.45, 7) is 5.30. The van der Waals surface area contributed by atoms with Gasteiger partial charge in [0.15, 0.2) is 5.78 Å². The highest BCUT2D eigenvalue weighted by Gasteiger charge is 2.30. The minimum Gasteiger partial charge on any atom is -0.297 e. The normalized spacial score (nSPS) is 23.4. The minimum absolute atomic E-state index is 0.136. The van der Waals surface area contributed by atoms with Crippen LogP contribution in [-0.2, 0) is 12.8 Å². The maximum absolute atomic E-state index is 11.9. The maximum atomic E-state index is 11.9. The predicted molar refractivity (Wildman–Crippen MR) is 103 cm³/mol. The van der Waals surface area contributed by atoms with Gasteiger partial charge >= 0.3 is 0 Å². The van der Waals surface area contributed by atoms with E-state index >= 15 is 0 Å².